The van der Waals surface area contributed by atoms with Gasteiger partial charge in [-0.25, -0.2) is 21.6 Å². The fourth-order valence-electron chi connectivity index (χ4n) is 3.22. The third-order valence-corrected chi connectivity index (χ3v) is 6.55. The van der Waals surface area contributed by atoms with Crippen LogP contribution in [0.15, 0.2) is 29.2 Å². The summed E-state index contributed by atoms with van der Waals surface area (Å²) in [4.78, 5) is -1.21. The number of aryl methyl sites for hydroxylation is 1. The van der Waals surface area contributed by atoms with E-state index in [0.717, 1.165) is 5.56 Å². The number of benzene rings is 2. The first-order valence-corrected chi connectivity index (χ1v) is 10.5. The molecule has 2 aromatic carbocycles. The van der Waals surface area contributed by atoms with Crippen LogP contribution in [0.4, 0.5) is 13.2 Å². The zero-order valence-electron chi connectivity index (χ0n) is 16.0. The average Bonchev–Trinajstić information content (AvgIpc) is 3.16. The first kappa shape index (κ1) is 22.2. The van der Waals surface area contributed by atoms with Crippen LogP contribution in [-0.2, 0) is 10.0 Å². The van der Waals surface area contributed by atoms with Crippen LogP contribution in [0.25, 0.3) is 0 Å². The molecule has 0 aliphatic rings. The van der Waals surface area contributed by atoms with Gasteiger partial charge in [-0.15, -0.1) is 10.2 Å². The summed E-state index contributed by atoms with van der Waals surface area (Å²) in [5, 5.41) is 12.8. The van der Waals surface area contributed by atoms with Crippen molar-refractivity contribution in [3.8, 4) is 0 Å². The Bertz CT molecular complexity index is 1170. The topological polar surface area (TPSA) is 101 Å². The zero-order chi connectivity index (χ0) is 22.2. The Kier molecular flexibility index (Phi) is 6.16. The third-order valence-electron chi connectivity index (χ3n) is 4.84. The number of H-pyrrole nitrogens is 1. The summed E-state index contributed by atoms with van der Waals surface area (Å²) in [7, 11) is -4.76. The number of nitrogens with zero attached hydrogens (tertiary/aromatic N) is 3. The number of tetrazole rings is 1. The summed E-state index contributed by atoms with van der Waals surface area (Å²) in [6, 6.07) is 2.92. The van der Waals surface area contributed by atoms with Gasteiger partial charge in [-0.1, -0.05) is 29.8 Å². The maximum absolute atomic E-state index is 14.6. The van der Waals surface area contributed by atoms with Gasteiger partial charge in [0.15, 0.2) is 10.7 Å². The minimum atomic E-state index is -4.76. The number of nitrogens with one attached hydrogen (secondary N) is 2. The van der Waals surface area contributed by atoms with Gasteiger partial charge in [-0.3, -0.25) is 0 Å². The van der Waals surface area contributed by atoms with E-state index in [9.17, 15) is 21.6 Å². The number of sulfonamides is 1. The predicted octanol–water partition coefficient (Wildman–Crippen LogP) is 3.71. The van der Waals surface area contributed by atoms with Crippen molar-refractivity contribution in [3.05, 3.63) is 69.3 Å². The summed E-state index contributed by atoms with van der Waals surface area (Å²) >= 11 is 5.57. The average molecular weight is 460 g/mol. The van der Waals surface area contributed by atoms with E-state index in [0.29, 0.717) is 17.7 Å². The Labute approximate surface area is 175 Å². The first-order valence-electron chi connectivity index (χ1n) is 8.68. The molecule has 0 fully saturated rings. The van der Waals surface area contributed by atoms with E-state index in [4.69, 9.17) is 11.6 Å². The van der Waals surface area contributed by atoms with Gasteiger partial charge in [-0.2, -0.15) is 9.94 Å². The van der Waals surface area contributed by atoms with E-state index in [1.165, 1.54) is 6.07 Å². The fourth-order valence-corrected chi connectivity index (χ4v) is 4.81. The molecule has 0 saturated carbocycles. The summed E-state index contributed by atoms with van der Waals surface area (Å²) in [6.45, 7) is 5.00. The summed E-state index contributed by atoms with van der Waals surface area (Å²) < 4.78 is 71.0. The molecule has 3 aromatic rings. The first-order chi connectivity index (χ1) is 14.0. The lowest BCUT2D eigenvalue weighted by molar-refractivity contribution is 0.467. The molecule has 2 N–H and O–H groups in total. The molecule has 0 spiro atoms. The van der Waals surface area contributed by atoms with Gasteiger partial charge >= 0.3 is 0 Å². The van der Waals surface area contributed by atoms with Crippen molar-refractivity contribution >= 4 is 21.6 Å². The molecule has 1 aromatic heterocycles. The number of aromatic amines is 1. The Morgan fingerprint density at radius 2 is 1.73 bits per heavy atom. The quantitative estimate of drug-likeness (QED) is 0.585. The van der Waals surface area contributed by atoms with Crippen LogP contribution >= 0.6 is 11.6 Å². The fraction of sp³-hybridized carbons (Fsp3) is 0.278. The van der Waals surface area contributed by atoms with Crippen LogP contribution in [0.2, 0.25) is 5.02 Å². The molecule has 0 aliphatic carbocycles. The maximum Gasteiger partial charge on any atom is 0.247 e. The van der Waals surface area contributed by atoms with Crippen LogP contribution in [-0.4, -0.2) is 29.0 Å². The molecule has 0 radical (unpaired) electrons. The van der Waals surface area contributed by atoms with Crippen LogP contribution in [0.1, 0.15) is 41.4 Å². The van der Waals surface area contributed by atoms with Crippen molar-refractivity contribution in [2.45, 2.75) is 37.6 Å². The lowest BCUT2D eigenvalue weighted by atomic mass is 9.88. The Balaban J connectivity index is 2.10. The van der Waals surface area contributed by atoms with Gasteiger partial charge in [0.05, 0.1) is 6.04 Å². The van der Waals surface area contributed by atoms with Crippen molar-refractivity contribution in [1.29, 1.82) is 0 Å². The summed E-state index contributed by atoms with van der Waals surface area (Å²) in [5.74, 6) is -4.28. The van der Waals surface area contributed by atoms with Crippen LogP contribution in [0, 0.1) is 31.3 Å². The second-order valence-corrected chi connectivity index (χ2v) is 8.85. The van der Waals surface area contributed by atoms with Gasteiger partial charge in [0, 0.05) is 10.9 Å². The number of hydrogen-bond donors (Lipinski definition) is 2. The minimum absolute atomic E-state index is 0.124. The van der Waals surface area contributed by atoms with E-state index in [-0.39, 0.29) is 16.4 Å². The second kappa shape index (κ2) is 8.32. The highest BCUT2D eigenvalue weighted by atomic mass is 35.5. The van der Waals surface area contributed by atoms with Crippen molar-refractivity contribution in [2.75, 3.05) is 0 Å². The minimum Gasteiger partial charge on any atom is -0.207 e. The van der Waals surface area contributed by atoms with Crippen LogP contribution in [0.5, 0.6) is 0 Å². The molecule has 0 aliphatic heterocycles. The lowest BCUT2D eigenvalue weighted by Gasteiger charge is -2.25. The smallest absolute Gasteiger partial charge is 0.207 e. The van der Waals surface area contributed by atoms with Gasteiger partial charge in [-0.05, 0) is 48.7 Å². The summed E-state index contributed by atoms with van der Waals surface area (Å²) in [5.41, 5.74) is 1.59. The van der Waals surface area contributed by atoms with Gasteiger partial charge in [0.1, 0.15) is 17.5 Å². The van der Waals surface area contributed by atoms with Crippen molar-refractivity contribution in [2.24, 2.45) is 0 Å². The Morgan fingerprint density at radius 1 is 1.10 bits per heavy atom. The predicted molar refractivity (Wildman–Crippen MR) is 103 cm³/mol. The lowest BCUT2D eigenvalue weighted by Crippen LogP contribution is -2.34. The number of halogens is 4. The Morgan fingerprint density at radius 3 is 2.30 bits per heavy atom. The van der Waals surface area contributed by atoms with Crippen molar-refractivity contribution in [3.63, 3.8) is 0 Å². The number of hydrogen-bond acceptors (Lipinski definition) is 5. The Hall–Kier alpha value is -2.50. The second-order valence-electron chi connectivity index (χ2n) is 6.76. The SMILES string of the molecule is Cc1ccc(F)c([C@@H](C)[C@H](NS(=O)(=O)c2c(F)cc(Cl)cc2F)c2nn[nH]n2)c1C. The molecule has 3 rings (SSSR count). The van der Waals surface area contributed by atoms with E-state index in [2.05, 4.69) is 25.3 Å². The molecule has 7 nitrogen and oxygen atoms in total. The van der Waals surface area contributed by atoms with Gasteiger partial charge in [0.25, 0.3) is 0 Å². The molecule has 30 heavy (non-hydrogen) atoms. The van der Waals surface area contributed by atoms with E-state index in [1.54, 1.807) is 26.8 Å². The molecular weight excluding hydrogens is 443 g/mol. The molecule has 1 heterocycles. The molecule has 0 unspecified atom stereocenters. The normalized spacial score (nSPS) is 14.0. The van der Waals surface area contributed by atoms with Crippen molar-refractivity contribution < 1.29 is 21.6 Å². The third kappa shape index (κ3) is 4.18. The van der Waals surface area contributed by atoms with Gasteiger partial charge < -0.3 is 0 Å². The van der Waals surface area contributed by atoms with Crippen molar-refractivity contribution in [1.82, 2.24) is 25.3 Å². The maximum atomic E-state index is 14.6. The van der Waals surface area contributed by atoms with E-state index >= 15 is 0 Å². The molecule has 160 valence electrons. The highest BCUT2D eigenvalue weighted by Crippen LogP contribution is 2.35. The molecular formula is C18H17ClF3N5O2S. The number of aromatic nitrogens is 4. The molecule has 2 atom stereocenters. The van der Waals surface area contributed by atoms with E-state index < -0.39 is 44.3 Å². The largest absolute Gasteiger partial charge is 0.247 e. The highest BCUT2D eigenvalue weighted by Gasteiger charge is 2.35. The molecule has 12 heteroatoms. The standard InChI is InChI=1S/C18H17ClF3N5O2S/c1-8-4-5-12(20)15(9(8)2)10(3)16(18-23-26-27-24-18)25-30(28,29)17-13(21)6-11(19)7-14(17)22/h4-7,10,16,25H,1-3H3,(H,23,24,26,27)/t10-,16+/m1/s1. The van der Waals surface area contributed by atoms with Crippen LogP contribution in [0.3, 0.4) is 0 Å². The number of rotatable bonds is 6. The monoisotopic (exact) mass is 459 g/mol. The molecule has 0 bridgehead atoms. The molecule has 0 saturated heterocycles. The molecule has 0 amide bonds. The van der Waals surface area contributed by atoms with Gasteiger partial charge in [0.2, 0.25) is 10.0 Å². The summed E-state index contributed by atoms with van der Waals surface area (Å²) in [6.07, 6.45) is 0. The zero-order valence-corrected chi connectivity index (χ0v) is 17.6. The van der Waals surface area contributed by atoms with E-state index in [1.807, 2.05) is 0 Å². The van der Waals surface area contributed by atoms with Crippen LogP contribution < -0.4 is 4.72 Å². The highest BCUT2D eigenvalue weighted by molar-refractivity contribution is 7.89.